The summed E-state index contributed by atoms with van der Waals surface area (Å²) in [6.07, 6.45) is 2.18. The van der Waals surface area contributed by atoms with Crippen LogP contribution in [0.3, 0.4) is 0 Å². The number of aromatic nitrogens is 2. The Morgan fingerprint density at radius 3 is 2.92 bits per heavy atom. The summed E-state index contributed by atoms with van der Waals surface area (Å²) in [5.74, 6) is 1.17. The lowest BCUT2D eigenvalue weighted by atomic mass is 9.97. The van der Waals surface area contributed by atoms with Crippen LogP contribution in [0.1, 0.15) is 35.0 Å². The molecule has 0 bridgehead atoms. The largest absolute Gasteiger partial charge is 0.478 e. The van der Waals surface area contributed by atoms with Gasteiger partial charge in [0.25, 0.3) is 5.91 Å². The molecule has 2 heterocycles. The van der Waals surface area contributed by atoms with Gasteiger partial charge in [-0.2, -0.15) is 4.98 Å². The van der Waals surface area contributed by atoms with Crippen LogP contribution in [0, 0.1) is 12.8 Å². The standard InChI is InChI=1S/C19H24N4O2.ClH/c1-3-25-17-9-13(2)21-19(22-17)23-18(24)16-6-4-5-14(11-16)10-15-7-8-20-12-15;/h4-6,9,11,15,20H,3,7-8,10,12H2,1-2H3,(H,21,22,23,24);1H. The molecule has 1 amide bonds. The topological polar surface area (TPSA) is 76.1 Å². The lowest BCUT2D eigenvalue weighted by Crippen LogP contribution is -2.16. The second-order valence-corrected chi connectivity index (χ2v) is 6.32. The number of benzene rings is 1. The van der Waals surface area contributed by atoms with Gasteiger partial charge in [0.1, 0.15) is 0 Å². The first-order valence-electron chi connectivity index (χ1n) is 8.73. The second-order valence-electron chi connectivity index (χ2n) is 6.32. The maximum Gasteiger partial charge on any atom is 0.258 e. The number of carbonyl (C=O) groups is 1. The van der Waals surface area contributed by atoms with Gasteiger partial charge in [-0.3, -0.25) is 10.1 Å². The van der Waals surface area contributed by atoms with Crippen molar-refractivity contribution in [2.24, 2.45) is 5.92 Å². The van der Waals surface area contributed by atoms with Crippen molar-refractivity contribution in [3.63, 3.8) is 0 Å². The highest BCUT2D eigenvalue weighted by atomic mass is 35.5. The summed E-state index contributed by atoms with van der Waals surface area (Å²) in [4.78, 5) is 21.0. The minimum atomic E-state index is -0.209. The van der Waals surface area contributed by atoms with Crippen LogP contribution < -0.4 is 15.4 Å². The van der Waals surface area contributed by atoms with Crippen LogP contribution in [0.15, 0.2) is 30.3 Å². The molecule has 0 radical (unpaired) electrons. The van der Waals surface area contributed by atoms with Crippen molar-refractivity contribution >= 4 is 24.3 Å². The highest BCUT2D eigenvalue weighted by Crippen LogP contribution is 2.17. The zero-order valence-corrected chi connectivity index (χ0v) is 15.9. The van der Waals surface area contributed by atoms with Gasteiger partial charge in [-0.15, -0.1) is 12.4 Å². The normalized spacial score (nSPS) is 16.0. The first-order valence-corrected chi connectivity index (χ1v) is 8.73. The molecule has 1 atom stereocenters. The molecule has 0 spiro atoms. The number of anilines is 1. The van der Waals surface area contributed by atoms with Crippen LogP contribution in [0.25, 0.3) is 0 Å². The molecule has 7 heteroatoms. The second kappa shape index (κ2) is 9.50. The molecular weight excluding hydrogens is 352 g/mol. The quantitative estimate of drug-likeness (QED) is 0.810. The monoisotopic (exact) mass is 376 g/mol. The van der Waals surface area contributed by atoms with Crippen LogP contribution in [-0.2, 0) is 6.42 Å². The van der Waals surface area contributed by atoms with Crippen molar-refractivity contribution in [2.75, 3.05) is 25.0 Å². The third kappa shape index (κ3) is 5.41. The summed E-state index contributed by atoms with van der Waals surface area (Å²) in [5, 5.41) is 6.14. The van der Waals surface area contributed by atoms with E-state index in [1.807, 2.05) is 32.0 Å². The van der Waals surface area contributed by atoms with Gasteiger partial charge < -0.3 is 10.1 Å². The number of ether oxygens (including phenoxy) is 1. The van der Waals surface area contributed by atoms with E-state index < -0.39 is 0 Å². The predicted octanol–water partition coefficient (Wildman–Crippen LogP) is 3.01. The average molecular weight is 377 g/mol. The van der Waals surface area contributed by atoms with Crippen LogP contribution in [0.2, 0.25) is 0 Å². The Hall–Kier alpha value is -2.18. The van der Waals surface area contributed by atoms with E-state index in [4.69, 9.17) is 4.74 Å². The SMILES string of the molecule is CCOc1cc(C)nc(NC(=O)c2cccc(CC3CCNC3)c2)n1.Cl. The van der Waals surface area contributed by atoms with E-state index in [1.165, 1.54) is 12.0 Å². The first kappa shape index (κ1) is 20.1. The highest BCUT2D eigenvalue weighted by Gasteiger charge is 2.16. The van der Waals surface area contributed by atoms with E-state index in [1.54, 1.807) is 6.07 Å². The summed E-state index contributed by atoms with van der Waals surface area (Å²) in [5.41, 5.74) is 2.55. The van der Waals surface area contributed by atoms with E-state index in [9.17, 15) is 4.79 Å². The maximum atomic E-state index is 12.5. The van der Waals surface area contributed by atoms with Gasteiger partial charge in [-0.1, -0.05) is 12.1 Å². The molecule has 3 rings (SSSR count). The van der Waals surface area contributed by atoms with Crippen LogP contribution in [-0.4, -0.2) is 35.6 Å². The molecule has 1 aromatic carbocycles. The van der Waals surface area contributed by atoms with Gasteiger partial charge in [0.05, 0.1) is 6.61 Å². The van der Waals surface area contributed by atoms with Crippen molar-refractivity contribution in [2.45, 2.75) is 26.7 Å². The summed E-state index contributed by atoms with van der Waals surface area (Å²) in [6, 6.07) is 9.51. The number of halogens is 1. The molecule has 1 aromatic heterocycles. The number of nitrogens with one attached hydrogen (secondary N) is 2. The van der Waals surface area contributed by atoms with E-state index in [-0.39, 0.29) is 24.3 Å². The molecule has 1 aliphatic rings. The molecule has 1 unspecified atom stereocenters. The molecular formula is C19H25ClN4O2. The van der Waals surface area contributed by atoms with E-state index >= 15 is 0 Å². The molecule has 1 fully saturated rings. The fourth-order valence-corrected chi connectivity index (χ4v) is 3.05. The van der Waals surface area contributed by atoms with Crippen LogP contribution in [0.5, 0.6) is 5.88 Å². The minimum Gasteiger partial charge on any atom is -0.478 e. The molecule has 2 aromatic rings. The van der Waals surface area contributed by atoms with Crippen LogP contribution >= 0.6 is 12.4 Å². The predicted molar refractivity (Wildman–Crippen MR) is 104 cm³/mol. The zero-order valence-electron chi connectivity index (χ0n) is 15.1. The van der Waals surface area contributed by atoms with Gasteiger partial charge in [-0.25, -0.2) is 4.98 Å². The first-order chi connectivity index (χ1) is 12.1. The number of aryl methyl sites for hydroxylation is 1. The lowest BCUT2D eigenvalue weighted by molar-refractivity contribution is 0.102. The third-order valence-electron chi connectivity index (χ3n) is 4.22. The van der Waals surface area contributed by atoms with E-state index in [0.717, 1.165) is 25.2 Å². The van der Waals surface area contributed by atoms with Crippen molar-refractivity contribution in [3.05, 3.63) is 47.2 Å². The van der Waals surface area contributed by atoms with Gasteiger partial charge in [-0.05, 0) is 63.4 Å². The number of amides is 1. The Labute approximate surface area is 160 Å². The van der Waals surface area contributed by atoms with E-state index in [0.29, 0.717) is 24.0 Å². The number of nitrogens with zero attached hydrogens (tertiary/aromatic N) is 2. The summed E-state index contributed by atoms with van der Waals surface area (Å²) in [6.45, 7) is 6.38. The summed E-state index contributed by atoms with van der Waals surface area (Å²) >= 11 is 0. The Balaban J connectivity index is 0.00000243. The highest BCUT2D eigenvalue weighted by molar-refractivity contribution is 6.03. The number of hydrogen-bond donors (Lipinski definition) is 2. The van der Waals surface area contributed by atoms with Gasteiger partial charge in [0.15, 0.2) is 0 Å². The molecule has 1 aliphatic heterocycles. The van der Waals surface area contributed by atoms with Gasteiger partial charge in [0, 0.05) is 17.3 Å². The number of rotatable bonds is 6. The molecule has 0 aliphatic carbocycles. The fourth-order valence-electron chi connectivity index (χ4n) is 3.05. The molecule has 6 nitrogen and oxygen atoms in total. The Kier molecular flexibility index (Phi) is 7.36. The smallest absolute Gasteiger partial charge is 0.258 e. The molecule has 0 saturated carbocycles. The fraction of sp³-hybridized carbons (Fsp3) is 0.421. The van der Waals surface area contributed by atoms with Crippen molar-refractivity contribution < 1.29 is 9.53 Å². The lowest BCUT2D eigenvalue weighted by Gasteiger charge is -2.10. The maximum absolute atomic E-state index is 12.5. The van der Waals surface area contributed by atoms with Gasteiger partial charge in [0.2, 0.25) is 11.8 Å². The van der Waals surface area contributed by atoms with Crippen molar-refractivity contribution in [1.29, 1.82) is 0 Å². The molecule has 2 N–H and O–H groups in total. The van der Waals surface area contributed by atoms with Gasteiger partial charge >= 0.3 is 0 Å². The Morgan fingerprint density at radius 1 is 1.35 bits per heavy atom. The molecule has 140 valence electrons. The zero-order chi connectivity index (χ0) is 17.6. The molecule has 1 saturated heterocycles. The Bertz CT molecular complexity index is 748. The van der Waals surface area contributed by atoms with Crippen molar-refractivity contribution in [3.8, 4) is 5.88 Å². The third-order valence-corrected chi connectivity index (χ3v) is 4.22. The summed E-state index contributed by atoms with van der Waals surface area (Å²) in [7, 11) is 0. The summed E-state index contributed by atoms with van der Waals surface area (Å²) < 4.78 is 5.40. The average Bonchev–Trinajstić information content (AvgIpc) is 3.08. The number of carbonyl (C=O) groups excluding carboxylic acids is 1. The van der Waals surface area contributed by atoms with E-state index in [2.05, 4.69) is 26.7 Å². The molecule has 26 heavy (non-hydrogen) atoms. The van der Waals surface area contributed by atoms with Crippen LogP contribution in [0.4, 0.5) is 5.95 Å². The minimum absolute atomic E-state index is 0. The van der Waals surface area contributed by atoms with Crippen molar-refractivity contribution in [1.82, 2.24) is 15.3 Å². The Morgan fingerprint density at radius 2 is 2.19 bits per heavy atom. The number of hydrogen-bond acceptors (Lipinski definition) is 5.